The Morgan fingerprint density at radius 3 is 2.00 bits per heavy atom. The van der Waals surface area contributed by atoms with Crippen LogP contribution in [-0.2, 0) is 30.4 Å². The van der Waals surface area contributed by atoms with Gasteiger partial charge in [-0.3, -0.25) is 9.69 Å². The number of nitrogens with zero attached hydrogens (tertiary/aromatic N) is 1. The van der Waals surface area contributed by atoms with Crippen molar-refractivity contribution < 1.29 is 28.6 Å². The summed E-state index contributed by atoms with van der Waals surface area (Å²) in [6, 6.07) is 25.9. The second-order valence-corrected chi connectivity index (χ2v) is 8.10. The molecule has 7 nitrogen and oxygen atoms in total. The van der Waals surface area contributed by atoms with E-state index in [1.165, 1.54) is 4.90 Å². The van der Waals surface area contributed by atoms with Gasteiger partial charge in [0.2, 0.25) is 0 Å². The molecule has 1 saturated heterocycles. The molecule has 3 aromatic rings. The summed E-state index contributed by atoms with van der Waals surface area (Å²) in [5, 5.41) is 0. The lowest BCUT2D eigenvalue weighted by Crippen LogP contribution is -2.55. The zero-order valence-electron chi connectivity index (χ0n) is 19.4. The smallest absolute Gasteiger partial charge is 0.411 e. The Labute approximate surface area is 204 Å². The van der Waals surface area contributed by atoms with Crippen LogP contribution in [0.2, 0.25) is 0 Å². The first-order chi connectivity index (χ1) is 17.1. The van der Waals surface area contributed by atoms with Crippen molar-refractivity contribution in [3.8, 4) is 0 Å². The molecule has 0 aromatic heterocycles. The minimum absolute atomic E-state index is 0.0227. The lowest BCUT2D eigenvalue weighted by atomic mass is 9.90. The van der Waals surface area contributed by atoms with E-state index in [0.29, 0.717) is 0 Å². The van der Waals surface area contributed by atoms with Crippen molar-refractivity contribution in [3.05, 3.63) is 108 Å². The van der Waals surface area contributed by atoms with E-state index in [9.17, 15) is 14.4 Å². The van der Waals surface area contributed by atoms with Crippen LogP contribution in [0.15, 0.2) is 91.0 Å². The third-order valence-electron chi connectivity index (χ3n) is 5.79. The molecule has 0 radical (unpaired) electrons. The number of rotatable bonds is 7. The van der Waals surface area contributed by atoms with Crippen molar-refractivity contribution in [2.24, 2.45) is 0 Å². The predicted octanol–water partition coefficient (Wildman–Crippen LogP) is 4.99. The first kappa shape index (κ1) is 24.0. The molecule has 0 unspecified atom stereocenters. The highest BCUT2D eigenvalue weighted by Gasteiger charge is 2.49. The van der Waals surface area contributed by atoms with Crippen LogP contribution in [0.25, 0.3) is 0 Å². The van der Waals surface area contributed by atoms with Crippen LogP contribution >= 0.6 is 0 Å². The summed E-state index contributed by atoms with van der Waals surface area (Å²) < 4.78 is 16.6. The fourth-order valence-corrected chi connectivity index (χ4v) is 4.19. The second kappa shape index (κ2) is 11.3. The molecular formula is C28H27NO6. The minimum Gasteiger partial charge on any atom is -0.466 e. The molecule has 35 heavy (non-hydrogen) atoms. The zero-order chi connectivity index (χ0) is 24.6. The molecule has 3 aromatic carbocycles. The number of carbonyl (C=O) groups is 3. The minimum atomic E-state index is -1.19. The normalized spacial score (nSPS) is 19.5. The van der Waals surface area contributed by atoms with E-state index in [1.807, 2.05) is 91.0 Å². The van der Waals surface area contributed by atoms with Crippen LogP contribution in [-0.4, -0.2) is 35.6 Å². The van der Waals surface area contributed by atoms with E-state index in [1.54, 1.807) is 6.92 Å². The molecule has 7 heteroatoms. The molecule has 0 N–H and O–H groups in total. The molecule has 180 valence electrons. The molecule has 1 aliphatic rings. The lowest BCUT2D eigenvalue weighted by molar-refractivity contribution is -0.176. The molecule has 0 bridgehead atoms. The fourth-order valence-electron chi connectivity index (χ4n) is 4.19. The average molecular weight is 474 g/mol. The first-order valence-corrected chi connectivity index (χ1v) is 11.5. The van der Waals surface area contributed by atoms with Gasteiger partial charge in [-0.2, -0.15) is 0 Å². The summed E-state index contributed by atoms with van der Waals surface area (Å²) in [6.45, 7) is 1.86. The van der Waals surface area contributed by atoms with Crippen molar-refractivity contribution in [2.45, 2.75) is 38.1 Å². The predicted molar refractivity (Wildman–Crippen MR) is 128 cm³/mol. The summed E-state index contributed by atoms with van der Waals surface area (Å²) in [7, 11) is 0. The van der Waals surface area contributed by atoms with Crippen molar-refractivity contribution >= 4 is 18.0 Å². The standard InChI is InChI=1S/C28H27NO6/c1-2-33-24(30)18-23-27(31)35-26(22-16-10-5-11-17-22)25(21-14-8-4-9-15-21)29(23)28(32)34-19-20-12-6-3-7-13-20/h3-17,23,25-26H,2,18-19H2,1H3/t23-,25-,26+/m1/s1. The van der Waals surface area contributed by atoms with Crippen molar-refractivity contribution in [1.82, 2.24) is 4.90 Å². The SMILES string of the molecule is CCOC(=O)C[C@@H]1C(=O)O[C@@H](c2ccccc2)[C@@H](c2ccccc2)N1C(=O)OCc1ccccc1. The number of amides is 1. The van der Waals surface area contributed by atoms with Gasteiger partial charge in [0.15, 0.2) is 6.10 Å². The summed E-state index contributed by atoms with van der Waals surface area (Å²) in [4.78, 5) is 40.5. The maximum Gasteiger partial charge on any atom is 0.411 e. The number of hydrogen-bond donors (Lipinski definition) is 0. The van der Waals surface area contributed by atoms with Gasteiger partial charge < -0.3 is 14.2 Å². The largest absolute Gasteiger partial charge is 0.466 e. The molecule has 1 aliphatic heterocycles. The monoisotopic (exact) mass is 473 g/mol. The number of esters is 2. The average Bonchev–Trinajstić information content (AvgIpc) is 2.90. The van der Waals surface area contributed by atoms with Crippen LogP contribution in [0.4, 0.5) is 4.79 Å². The van der Waals surface area contributed by atoms with Gasteiger partial charge in [-0.1, -0.05) is 91.0 Å². The van der Waals surface area contributed by atoms with Crippen LogP contribution in [0.5, 0.6) is 0 Å². The van der Waals surface area contributed by atoms with Crippen molar-refractivity contribution in [1.29, 1.82) is 0 Å². The van der Waals surface area contributed by atoms with Gasteiger partial charge >= 0.3 is 18.0 Å². The molecule has 0 spiro atoms. The molecule has 4 rings (SSSR count). The van der Waals surface area contributed by atoms with E-state index in [-0.39, 0.29) is 19.6 Å². The Kier molecular flexibility index (Phi) is 7.77. The second-order valence-electron chi connectivity index (χ2n) is 8.10. The Morgan fingerprint density at radius 1 is 0.829 bits per heavy atom. The third kappa shape index (κ3) is 5.69. The van der Waals surface area contributed by atoms with Gasteiger partial charge in [0.25, 0.3) is 0 Å². The van der Waals surface area contributed by atoms with Gasteiger partial charge in [0.1, 0.15) is 18.7 Å². The third-order valence-corrected chi connectivity index (χ3v) is 5.79. The van der Waals surface area contributed by atoms with Gasteiger partial charge in [0, 0.05) is 0 Å². The summed E-state index contributed by atoms with van der Waals surface area (Å²) in [6.07, 6.45) is -1.83. The summed E-state index contributed by atoms with van der Waals surface area (Å²) >= 11 is 0. The number of ether oxygens (including phenoxy) is 3. The maximum atomic E-state index is 13.6. The Bertz CT molecular complexity index is 1140. The molecule has 0 saturated carbocycles. The van der Waals surface area contributed by atoms with E-state index in [0.717, 1.165) is 16.7 Å². The number of hydrogen-bond acceptors (Lipinski definition) is 6. The molecule has 1 amide bonds. The van der Waals surface area contributed by atoms with Crippen molar-refractivity contribution in [2.75, 3.05) is 6.61 Å². The van der Waals surface area contributed by atoms with Gasteiger partial charge in [-0.15, -0.1) is 0 Å². The summed E-state index contributed by atoms with van der Waals surface area (Å²) in [5.41, 5.74) is 2.28. The van der Waals surface area contributed by atoms with Crippen molar-refractivity contribution in [3.63, 3.8) is 0 Å². The Morgan fingerprint density at radius 2 is 1.40 bits per heavy atom. The van der Waals surface area contributed by atoms with Crippen LogP contribution in [0, 0.1) is 0 Å². The topological polar surface area (TPSA) is 82.1 Å². The van der Waals surface area contributed by atoms with E-state index in [4.69, 9.17) is 14.2 Å². The first-order valence-electron chi connectivity index (χ1n) is 11.5. The number of cyclic esters (lactones) is 1. The van der Waals surface area contributed by atoms with Gasteiger partial charge in [-0.25, -0.2) is 9.59 Å². The zero-order valence-corrected chi connectivity index (χ0v) is 19.4. The highest BCUT2D eigenvalue weighted by molar-refractivity contribution is 5.87. The van der Waals surface area contributed by atoms with Crippen LogP contribution in [0.1, 0.15) is 42.2 Å². The molecule has 3 atom stereocenters. The fraction of sp³-hybridized carbons (Fsp3) is 0.250. The van der Waals surface area contributed by atoms with Gasteiger partial charge in [-0.05, 0) is 23.6 Å². The molecule has 1 heterocycles. The van der Waals surface area contributed by atoms with E-state index in [2.05, 4.69) is 0 Å². The van der Waals surface area contributed by atoms with Crippen LogP contribution in [0.3, 0.4) is 0 Å². The van der Waals surface area contributed by atoms with E-state index < -0.39 is 36.2 Å². The maximum absolute atomic E-state index is 13.6. The lowest BCUT2D eigenvalue weighted by Gasteiger charge is -2.44. The molecule has 0 aliphatic carbocycles. The highest BCUT2D eigenvalue weighted by atomic mass is 16.6. The Hall–Kier alpha value is -4.13. The Balaban J connectivity index is 1.74. The van der Waals surface area contributed by atoms with Crippen LogP contribution < -0.4 is 0 Å². The highest BCUT2D eigenvalue weighted by Crippen LogP contribution is 2.43. The molecular weight excluding hydrogens is 446 g/mol. The number of morpholine rings is 1. The number of benzene rings is 3. The van der Waals surface area contributed by atoms with E-state index >= 15 is 0 Å². The van der Waals surface area contributed by atoms with Gasteiger partial charge in [0.05, 0.1) is 13.0 Å². The quantitative estimate of drug-likeness (QED) is 0.355. The number of carbonyl (C=O) groups excluding carboxylic acids is 3. The molecule has 1 fully saturated rings. The summed E-state index contributed by atoms with van der Waals surface area (Å²) in [5.74, 6) is -1.28.